The fraction of sp³-hybridized carbons (Fsp3) is 0.588. The summed E-state index contributed by atoms with van der Waals surface area (Å²) in [5, 5.41) is 0.724. The van der Waals surface area contributed by atoms with E-state index in [1.165, 1.54) is 0 Å². The van der Waals surface area contributed by atoms with Crippen LogP contribution in [-0.4, -0.2) is 15.6 Å². The van der Waals surface area contributed by atoms with Gasteiger partial charge in [-0.25, -0.2) is 4.98 Å². The Balaban J connectivity index is 2.36. The van der Waals surface area contributed by atoms with Crippen LogP contribution < -0.4 is 5.73 Å². The molecule has 0 fully saturated rings. The molecule has 0 amide bonds. The van der Waals surface area contributed by atoms with Gasteiger partial charge in [-0.2, -0.15) is 0 Å². The highest BCUT2D eigenvalue weighted by Crippen LogP contribution is 2.26. The lowest BCUT2D eigenvalue weighted by Gasteiger charge is -2.23. The maximum Gasteiger partial charge on any atom is 0.111 e. The second kappa shape index (κ2) is 5.98. The molecule has 1 unspecified atom stereocenters. The molecule has 1 aromatic carbocycles. The molecule has 0 bridgehead atoms. The molecule has 1 atom stereocenters. The third kappa shape index (κ3) is 3.98. The summed E-state index contributed by atoms with van der Waals surface area (Å²) < 4.78 is 2.27. The number of fused-ring (bicyclic) bond motifs is 1. The topological polar surface area (TPSA) is 43.8 Å². The molecule has 0 aliphatic carbocycles. The molecule has 0 saturated carbocycles. The largest absolute Gasteiger partial charge is 0.327 e. The molecular weight excluding hydrogens is 282 g/mol. The van der Waals surface area contributed by atoms with E-state index in [9.17, 15) is 0 Å². The van der Waals surface area contributed by atoms with Gasteiger partial charge in [0.25, 0.3) is 0 Å². The van der Waals surface area contributed by atoms with Gasteiger partial charge in [-0.3, -0.25) is 0 Å². The smallest absolute Gasteiger partial charge is 0.111 e. The second-order valence-electron chi connectivity index (χ2n) is 7.35. The van der Waals surface area contributed by atoms with Crippen LogP contribution in [0.2, 0.25) is 5.02 Å². The van der Waals surface area contributed by atoms with E-state index in [1.807, 2.05) is 18.2 Å². The minimum absolute atomic E-state index is 0.120. The zero-order chi connectivity index (χ0) is 15.8. The van der Waals surface area contributed by atoms with E-state index in [4.69, 9.17) is 22.3 Å². The third-order valence-electron chi connectivity index (χ3n) is 3.56. The van der Waals surface area contributed by atoms with Crippen molar-refractivity contribution in [2.75, 3.05) is 0 Å². The van der Waals surface area contributed by atoms with E-state index < -0.39 is 0 Å². The van der Waals surface area contributed by atoms with Crippen molar-refractivity contribution in [3.8, 4) is 0 Å². The van der Waals surface area contributed by atoms with E-state index in [0.29, 0.717) is 6.04 Å². The van der Waals surface area contributed by atoms with Crippen molar-refractivity contribution in [1.29, 1.82) is 0 Å². The fourth-order valence-electron chi connectivity index (χ4n) is 2.94. The highest BCUT2D eigenvalue weighted by Gasteiger charge is 2.20. The first-order chi connectivity index (χ1) is 9.67. The average molecular weight is 308 g/mol. The molecule has 0 aliphatic rings. The van der Waals surface area contributed by atoms with Crippen LogP contribution >= 0.6 is 11.6 Å². The van der Waals surface area contributed by atoms with Crippen molar-refractivity contribution in [2.24, 2.45) is 11.1 Å². The SMILES string of the molecule is CC(C)n1c(CC(N)CC(C)(C)C)nc2cc(Cl)ccc21. The first-order valence-corrected chi connectivity index (χ1v) is 7.97. The molecule has 21 heavy (non-hydrogen) atoms. The highest BCUT2D eigenvalue weighted by molar-refractivity contribution is 6.31. The predicted octanol–water partition coefficient (Wildman–Crippen LogP) is 4.58. The normalized spacial score (nSPS) is 14.1. The van der Waals surface area contributed by atoms with Crippen molar-refractivity contribution < 1.29 is 0 Å². The van der Waals surface area contributed by atoms with Crippen molar-refractivity contribution in [3.63, 3.8) is 0 Å². The molecule has 1 aromatic heterocycles. The van der Waals surface area contributed by atoms with Gasteiger partial charge in [-0.05, 0) is 43.9 Å². The standard InChI is InChI=1S/C17H26ClN3/c1-11(2)21-15-7-6-12(18)8-14(15)20-16(21)9-13(19)10-17(3,4)5/h6-8,11,13H,9-10,19H2,1-5H3. The molecule has 0 saturated heterocycles. The molecule has 0 spiro atoms. The van der Waals surface area contributed by atoms with E-state index in [2.05, 4.69) is 39.2 Å². The molecule has 116 valence electrons. The maximum atomic E-state index is 6.33. The quantitative estimate of drug-likeness (QED) is 0.898. The number of nitrogens with zero attached hydrogens (tertiary/aromatic N) is 2. The Morgan fingerprint density at radius 2 is 1.95 bits per heavy atom. The Morgan fingerprint density at radius 3 is 2.52 bits per heavy atom. The van der Waals surface area contributed by atoms with Gasteiger partial charge in [-0.1, -0.05) is 32.4 Å². The Morgan fingerprint density at radius 1 is 1.29 bits per heavy atom. The average Bonchev–Trinajstić information content (AvgIpc) is 2.62. The summed E-state index contributed by atoms with van der Waals surface area (Å²) in [7, 11) is 0. The molecule has 4 heteroatoms. The van der Waals surface area contributed by atoms with Crippen LogP contribution in [0, 0.1) is 5.41 Å². The zero-order valence-electron chi connectivity index (χ0n) is 13.7. The van der Waals surface area contributed by atoms with Crippen molar-refractivity contribution >= 4 is 22.6 Å². The number of hydrogen-bond donors (Lipinski definition) is 1. The number of hydrogen-bond acceptors (Lipinski definition) is 2. The Labute approximate surface area is 132 Å². The van der Waals surface area contributed by atoms with Gasteiger partial charge >= 0.3 is 0 Å². The van der Waals surface area contributed by atoms with Gasteiger partial charge in [0.05, 0.1) is 11.0 Å². The van der Waals surface area contributed by atoms with Gasteiger partial charge in [0.1, 0.15) is 5.82 Å². The van der Waals surface area contributed by atoms with Crippen LogP contribution in [0.25, 0.3) is 11.0 Å². The highest BCUT2D eigenvalue weighted by atomic mass is 35.5. The summed E-state index contributed by atoms with van der Waals surface area (Å²) in [5.41, 5.74) is 8.65. The number of aromatic nitrogens is 2. The lowest BCUT2D eigenvalue weighted by Crippen LogP contribution is -2.29. The summed E-state index contributed by atoms with van der Waals surface area (Å²) >= 11 is 6.08. The van der Waals surface area contributed by atoms with E-state index in [1.54, 1.807) is 0 Å². The number of nitrogens with two attached hydrogens (primary N) is 1. The predicted molar refractivity (Wildman–Crippen MR) is 90.9 cm³/mol. The minimum atomic E-state index is 0.120. The van der Waals surface area contributed by atoms with Crippen LogP contribution in [0.4, 0.5) is 0 Å². The van der Waals surface area contributed by atoms with Crippen LogP contribution in [0.5, 0.6) is 0 Å². The van der Waals surface area contributed by atoms with Crippen LogP contribution in [0.1, 0.15) is 52.9 Å². The zero-order valence-corrected chi connectivity index (χ0v) is 14.4. The number of benzene rings is 1. The molecular formula is C17H26ClN3. The van der Waals surface area contributed by atoms with Crippen molar-refractivity contribution in [1.82, 2.24) is 9.55 Å². The lowest BCUT2D eigenvalue weighted by atomic mass is 9.87. The van der Waals surface area contributed by atoms with Gasteiger partial charge in [0.2, 0.25) is 0 Å². The van der Waals surface area contributed by atoms with Crippen LogP contribution in [0.15, 0.2) is 18.2 Å². The molecule has 2 rings (SSSR count). The van der Waals surface area contributed by atoms with E-state index in [0.717, 1.165) is 34.7 Å². The summed E-state index contributed by atoms with van der Waals surface area (Å²) in [4.78, 5) is 4.76. The second-order valence-corrected chi connectivity index (χ2v) is 7.79. The summed E-state index contributed by atoms with van der Waals surface area (Å²) in [5.74, 6) is 1.05. The molecule has 1 heterocycles. The number of imidazole rings is 1. The third-order valence-corrected chi connectivity index (χ3v) is 3.80. The van der Waals surface area contributed by atoms with Crippen LogP contribution in [0.3, 0.4) is 0 Å². The minimum Gasteiger partial charge on any atom is -0.327 e. The first kappa shape index (κ1) is 16.3. The van der Waals surface area contributed by atoms with Crippen molar-refractivity contribution in [3.05, 3.63) is 29.0 Å². The maximum absolute atomic E-state index is 6.33. The van der Waals surface area contributed by atoms with Crippen LogP contribution in [-0.2, 0) is 6.42 Å². The van der Waals surface area contributed by atoms with E-state index >= 15 is 0 Å². The molecule has 0 aliphatic heterocycles. The summed E-state index contributed by atoms with van der Waals surface area (Å²) in [6.45, 7) is 11.0. The Hall–Kier alpha value is -1.06. The van der Waals surface area contributed by atoms with Gasteiger partial charge < -0.3 is 10.3 Å². The van der Waals surface area contributed by atoms with E-state index in [-0.39, 0.29) is 11.5 Å². The molecule has 2 N–H and O–H groups in total. The van der Waals surface area contributed by atoms with Gasteiger partial charge in [-0.15, -0.1) is 0 Å². The lowest BCUT2D eigenvalue weighted by molar-refractivity contribution is 0.334. The number of halogens is 1. The van der Waals surface area contributed by atoms with Crippen molar-refractivity contribution in [2.45, 2.75) is 59.5 Å². The number of rotatable bonds is 4. The fourth-order valence-corrected chi connectivity index (χ4v) is 3.10. The molecule has 0 radical (unpaired) electrons. The Bertz CT molecular complexity index is 623. The Kier molecular flexibility index (Phi) is 4.64. The summed E-state index contributed by atoms with van der Waals surface area (Å²) in [6.07, 6.45) is 1.77. The van der Waals surface area contributed by atoms with Gasteiger partial charge in [0.15, 0.2) is 0 Å². The van der Waals surface area contributed by atoms with Gasteiger partial charge in [0, 0.05) is 23.5 Å². The summed E-state index contributed by atoms with van der Waals surface area (Å²) in [6, 6.07) is 6.37. The first-order valence-electron chi connectivity index (χ1n) is 7.59. The molecule has 2 aromatic rings. The monoisotopic (exact) mass is 307 g/mol. The molecule has 3 nitrogen and oxygen atoms in total.